The maximum atomic E-state index is 10.9. The SMILES string of the molecule is O=C(O)CC1CCC(c2ccc(-c3csc(Nc4cc(Cl)cc(Cl)c4)n3)cc2)CC1. The van der Waals surface area contributed by atoms with Gasteiger partial charge < -0.3 is 10.4 Å². The van der Waals surface area contributed by atoms with Crippen molar-refractivity contribution in [3.63, 3.8) is 0 Å². The number of anilines is 2. The average molecular weight is 461 g/mol. The van der Waals surface area contributed by atoms with Gasteiger partial charge in [-0.1, -0.05) is 47.5 Å². The number of hydrogen-bond acceptors (Lipinski definition) is 4. The fraction of sp³-hybridized carbons (Fsp3) is 0.304. The molecule has 156 valence electrons. The fourth-order valence-electron chi connectivity index (χ4n) is 4.09. The zero-order valence-electron chi connectivity index (χ0n) is 16.3. The molecule has 0 bridgehead atoms. The van der Waals surface area contributed by atoms with Gasteiger partial charge in [0.15, 0.2) is 5.13 Å². The molecule has 30 heavy (non-hydrogen) atoms. The van der Waals surface area contributed by atoms with E-state index in [1.807, 2.05) is 17.5 Å². The molecule has 3 aromatic rings. The van der Waals surface area contributed by atoms with Crippen molar-refractivity contribution in [3.05, 3.63) is 63.5 Å². The quantitative estimate of drug-likeness (QED) is 0.397. The van der Waals surface area contributed by atoms with Gasteiger partial charge in [0, 0.05) is 33.1 Å². The Hall–Kier alpha value is -2.08. The van der Waals surface area contributed by atoms with E-state index in [0.29, 0.717) is 28.3 Å². The number of benzene rings is 2. The summed E-state index contributed by atoms with van der Waals surface area (Å²) in [7, 11) is 0. The monoisotopic (exact) mass is 460 g/mol. The Morgan fingerprint density at radius 1 is 1.07 bits per heavy atom. The number of aliphatic carboxylic acids is 1. The number of rotatable bonds is 6. The minimum atomic E-state index is -0.682. The molecular weight excluding hydrogens is 439 g/mol. The predicted octanol–water partition coefficient (Wildman–Crippen LogP) is 7.61. The van der Waals surface area contributed by atoms with Crippen LogP contribution < -0.4 is 5.32 Å². The van der Waals surface area contributed by atoms with Crippen molar-refractivity contribution in [1.29, 1.82) is 0 Å². The van der Waals surface area contributed by atoms with Crippen LogP contribution >= 0.6 is 34.5 Å². The summed E-state index contributed by atoms with van der Waals surface area (Å²) in [6.07, 6.45) is 4.41. The normalized spacial score (nSPS) is 18.9. The summed E-state index contributed by atoms with van der Waals surface area (Å²) < 4.78 is 0. The molecule has 0 saturated heterocycles. The molecule has 0 atom stereocenters. The molecule has 4 rings (SSSR count). The molecule has 0 spiro atoms. The van der Waals surface area contributed by atoms with E-state index < -0.39 is 5.97 Å². The van der Waals surface area contributed by atoms with Crippen LogP contribution in [0.4, 0.5) is 10.8 Å². The zero-order valence-corrected chi connectivity index (χ0v) is 18.6. The highest BCUT2D eigenvalue weighted by atomic mass is 35.5. The maximum Gasteiger partial charge on any atom is 0.303 e. The topological polar surface area (TPSA) is 62.2 Å². The van der Waals surface area contributed by atoms with Crippen LogP contribution in [0.15, 0.2) is 47.8 Å². The Morgan fingerprint density at radius 2 is 1.73 bits per heavy atom. The number of aromatic nitrogens is 1. The van der Waals surface area contributed by atoms with Crippen molar-refractivity contribution in [2.24, 2.45) is 5.92 Å². The average Bonchev–Trinajstić information content (AvgIpc) is 3.16. The van der Waals surface area contributed by atoms with Crippen LogP contribution in [0.1, 0.15) is 43.6 Å². The van der Waals surface area contributed by atoms with E-state index in [4.69, 9.17) is 28.3 Å². The number of hydrogen-bond donors (Lipinski definition) is 2. The van der Waals surface area contributed by atoms with Crippen molar-refractivity contribution < 1.29 is 9.90 Å². The second-order valence-corrected chi connectivity index (χ2v) is 9.49. The third kappa shape index (κ3) is 5.34. The molecule has 1 heterocycles. The molecule has 0 radical (unpaired) electrons. The molecule has 1 aliphatic carbocycles. The second kappa shape index (κ2) is 9.38. The number of nitrogens with zero attached hydrogens (tertiary/aromatic N) is 1. The molecule has 1 fully saturated rings. The number of halogens is 2. The van der Waals surface area contributed by atoms with Crippen molar-refractivity contribution in [2.75, 3.05) is 5.32 Å². The highest BCUT2D eigenvalue weighted by Crippen LogP contribution is 2.38. The van der Waals surface area contributed by atoms with Gasteiger partial charge in [0.25, 0.3) is 0 Å². The van der Waals surface area contributed by atoms with Gasteiger partial charge in [-0.25, -0.2) is 4.98 Å². The lowest BCUT2D eigenvalue weighted by atomic mass is 9.77. The number of thiazole rings is 1. The van der Waals surface area contributed by atoms with E-state index >= 15 is 0 Å². The Morgan fingerprint density at radius 3 is 2.37 bits per heavy atom. The van der Waals surface area contributed by atoms with E-state index in [1.54, 1.807) is 6.07 Å². The van der Waals surface area contributed by atoms with E-state index in [0.717, 1.165) is 47.8 Å². The molecule has 1 saturated carbocycles. The predicted molar refractivity (Wildman–Crippen MR) is 124 cm³/mol. The summed E-state index contributed by atoms with van der Waals surface area (Å²) in [6, 6.07) is 13.9. The van der Waals surface area contributed by atoms with Gasteiger partial charge >= 0.3 is 5.97 Å². The van der Waals surface area contributed by atoms with Gasteiger partial charge in [-0.05, 0) is 61.3 Å². The fourth-order valence-corrected chi connectivity index (χ4v) is 5.35. The summed E-state index contributed by atoms with van der Waals surface area (Å²) in [5.41, 5.74) is 4.14. The molecular formula is C23H22Cl2N2O2S. The first-order valence-corrected chi connectivity index (χ1v) is 11.6. The summed E-state index contributed by atoms with van der Waals surface area (Å²) in [6.45, 7) is 0. The number of carbonyl (C=O) groups is 1. The van der Waals surface area contributed by atoms with Crippen molar-refractivity contribution >= 4 is 51.3 Å². The Bertz CT molecular complexity index is 1010. The Kier molecular flexibility index (Phi) is 6.61. The van der Waals surface area contributed by atoms with Crippen LogP contribution in [-0.4, -0.2) is 16.1 Å². The first-order valence-electron chi connectivity index (χ1n) is 9.97. The van der Waals surface area contributed by atoms with Crippen LogP contribution in [-0.2, 0) is 4.79 Å². The number of carboxylic acid groups (broad SMARTS) is 1. The van der Waals surface area contributed by atoms with E-state index in [-0.39, 0.29) is 0 Å². The molecule has 7 heteroatoms. The Labute approximate surface area is 189 Å². The molecule has 0 unspecified atom stereocenters. The van der Waals surface area contributed by atoms with Gasteiger partial charge in [-0.2, -0.15) is 0 Å². The van der Waals surface area contributed by atoms with Gasteiger partial charge in [0.1, 0.15) is 0 Å². The van der Waals surface area contributed by atoms with Gasteiger partial charge in [-0.3, -0.25) is 4.79 Å². The highest BCUT2D eigenvalue weighted by molar-refractivity contribution is 7.14. The molecule has 2 aromatic carbocycles. The molecule has 2 N–H and O–H groups in total. The molecule has 1 aliphatic rings. The van der Waals surface area contributed by atoms with Crippen molar-refractivity contribution in [2.45, 2.75) is 38.0 Å². The third-order valence-corrected chi connectivity index (χ3v) is 6.80. The van der Waals surface area contributed by atoms with Gasteiger partial charge in [0.2, 0.25) is 0 Å². The smallest absolute Gasteiger partial charge is 0.303 e. The first kappa shape index (κ1) is 21.2. The summed E-state index contributed by atoms with van der Waals surface area (Å²) >= 11 is 13.6. The zero-order chi connectivity index (χ0) is 21.1. The summed E-state index contributed by atoms with van der Waals surface area (Å²) in [5.74, 6) is 0.163. The van der Waals surface area contributed by atoms with E-state index in [9.17, 15) is 4.79 Å². The van der Waals surface area contributed by atoms with Gasteiger partial charge in [0.05, 0.1) is 5.69 Å². The second-order valence-electron chi connectivity index (χ2n) is 7.76. The van der Waals surface area contributed by atoms with Crippen molar-refractivity contribution in [1.82, 2.24) is 4.98 Å². The van der Waals surface area contributed by atoms with E-state index in [2.05, 4.69) is 34.6 Å². The summed E-state index contributed by atoms with van der Waals surface area (Å²) in [4.78, 5) is 15.6. The highest BCUT2D eigenvalue weighted by Gasteiger charge is 2.24. The first-order chi connectivity index (χ1) is 14.5. The third-order valence-electron chi connectivity index (χ3n) is 5.61. The molecule has 4 nitrogen and oxygen atoms in total. The minimum Gasteiger partial charge on any atom is -0.481 e. The van der Waals surface area contributed by atoms with Crippen LogP contribution in [0.2, 0.25) is 10.0 Å². The van der Waals surface area contributed by atoms with Gasteiger partial charge in [-0.15, -0.1) is 11.3 Å². The number of nitrogens with one attached hydrogen (secondary N) is 1. The molecule has 0 amide bonds. The summed E-state index contributed by atoms with van der Waals surface area (Å²) in [5, 5.41) is 16.2. The molecule has 0 aliphatic heterocycles. The lowest BCUT2D eigenvalue weighted by Gasteiger charge is -2.28. The van der Waals surface area contributed by atoms with Crippen LogP contribution in [0.25, 0.3) is 11.3 Å². The van der Waals surface area contributed by atoms with Crippen molar-refractivity contribution in [3.8, 4) is 11.3 Å². The van der Waals surface area contributed by atoms with Crippen LogP contribution in [0.5, 0.6) is 0 Å². The minimum absolute atomic E-state index is 0.299. The lowest BCUT2D eigenvalue weighted by Crippen LogP contribution is -2.16. The van der Waals surface area contributed by atoms with Crippen LogP contribution in [0, 0.1) is 5.92 Å². The van der Waals surface area contributed by atoms with Crippen LogP contribution in [0.3, 0.4) is 0 Å². The number of carboxylic acids is 1. The standard InChI is InChI=1S/C23H22Cl2N2O2S/c24-18-10-19(25)12-20(11-18)26-23-27-21(13-30-23)17-7-5-16(6-8-17)15-3-1-14(2-4-15)9-22(28)29/h5-8,10-15H,1-4,9H2,(H,26,27)(H,28,29). The largest absolute Gasteiger partial charge is 0.481 e. The Balaban J connectivity index is 1.39. The molecule has 1 aromatic heterocycles. The lowest BCUT2D eigenvalue weighted by molar-refractivity contribution is -0.138. The van der Waals surface area contributed by atoms with E-state index in [1.165, 1.54) is 16.9 Å². The maximum absolute atomic E-state index is 10.9.